The number of likely N-dealkylation sites (tertiary alicyclic amines) is 1. The summed E-state index contributed by atoms with van der Waals surface area (Å²) >= 11 is 0. The molecule has 3 unspecified atom stereocenters. The Kier molecular flexibility index (Phi) is 5.02. The minimum Gasteiger partial charge on any atom is -0.481 e. The van der Waals surface area contributed by atoms with Crippen LogP contribution in [-0.4, -0.2) is 40.6 Å². The predicted octanol–water partition coefficient (Wildman–Crippen LogP) is 1.29. The second-order valence-electron chi connectivity index (χ2n) is 4.63. The third-order valence-electron chi connectivity index (χ3n) is 3.52. The van der Waals surface area contributed by atoms with Crippen molar-refractivity contribution in [3.63, 3.8) is 0 Å². The van der Waals surface area contributed by atoms with E-state index < -0.39 is 11.9 Å². The second-order valence-corrected chi connectivity index (χ2v) is 4.63. The SMILES string of the molecule is C#CCC(CC)NC(=O)N1CCC(C(=O)O)C1C. The van der Waals surface area contributed by atoms with Crippen LogP contribution in [0.15, 0.2) is 0 Å². The van der Waals surface area contributed by atoms with E-state index in [1.807, 2.05) is 6.92 Å². The van der Waals surface area contributed by atoms with Gasteiger partial charge < -0.3 is 15.3 Å². The van der Waals surface area contributed by atoms with Crippen molar-refractivity contribution in [1.29, 1.82) is 0 Å². The van der Waals surface area contributed by atoms with Crippen LogP contribution in [0.4, 0.5) is 4.79 Å². The molecule has 0 aliphatic carbocycles. The Morgan fingerprint density at radius 3 is 2.72 bits per heavy atom. The lowest BCUT2D eigenvalue weighted by atomic mass is 10.0. The molecule has 5 nitrogen and oxygen atoms in total. The summed E-state index contributed by atoms with van der Waals surface area (Å²) in [5, 5.41) is 11.9. The van der Waals surface area contributed by atoms with Gasteiger partial charge in [-0.05, 0) is 19.8 Å². The fourth-order valence-electron chi connectivity index (χ4n) is 2.25. The van der Waals surface area contributed by atoms with Crippen LogP contribution in [-0.2, 0) is 4.79 Å². The Morgan fingerprint density at radius 2 is 2.28 bits per heavy atom. The molecule has 1 aliphatic rings. The molecule has 3 atom stereocenters. The van der Waals surface area contributed by atoms with Gasteiger partial charge >= 0.3 is 12.0 Å². The zero-order valence-corrected chi connectivity index (χ0v) is 10.8. The number of nitrogens with zero attached hydrogens (tertiary/aromatic N) is 1. The predicted molar refractivity (Wildman–Crippen MR) is 68.0 cm³/mol. The summed E-state index contributed by atoms with van der Waals surface area (Å²) in [7, 11) is 0. The van der Waals surface area contributed by atoms with Gasteiger partial charge in [-0.15, -0.1) is 12.3 Å². The molecule has 100 valence electrons. The number of carbonyl (C=O) groups is 2. The number of carboxylic acid groups (broad SMARTS) is 1. The molecule has 18 heavy (non-hydrogen) atoms. The normalized spacial score (nSPS) is 24.4. The maximum atomic E-state index is 12.0. The largest absolute Gasteiger partial charge is 0.481 e. The molecule has 0 aromatic carbocycles. The third kappa shape index (κ3) is 3.16. The summed E-state index contributed by atoms with van der Waals surface area (Å²) < 4.78 is 0. The molecular weight excluding hydrogens is 232 g/mol. The quantitative estimate of drug-likeness (QED) is 0.741. The van der Waals surface area contributed by atoms with Crippen molar-refractivity contribution in [2.45, 2.75) is 45.2 Å². The van der Waals surface area contributed by atoms with Gasteiger partial charge in [0, 0.05) is 25.0 Å². The van der Waals surface area contributed by atoms with Gasteiger partial charge in [-0.2, -0.15) is 0 Å². The van der Waals surface area contributed by atoms with Crippen LogP contribution in [0.2, 0.25) is 0 Å². The van der Waals surface area contributed by atoms with Crippen LogP contribution in [0.5, 0.6) is 0 Å². The van der Waals surface area contributed by atoms with E-state index >= 15 is 0 Å². The van der Waals surface area contributed by atoms with Gasteiger partial charge in [-0.25, -0.2) is 4.79 Å². The molecule has 1 heterocycles. The fraction of sp³-hybridized carbons (Fsp3) is 0.692. The van der Waals surface area contributed by atoms with Crippen LogP contribution < -0.4 is 5.32 Å². The Balaban J connectivity index is 2.58. The van der Waals surface area contributed by atoms with Gasteiger partial charge in [-0.1, -0.05) is 6.92 Å². The van der Waals surface area contributed by atoms with Gasteiger partial charge in [0.1, 0.15) is 0 Å². The highest BCUT2D eigenvalue weighted by Gasteiger charge is 2.38. The highest BCUT2D eigenvalue weighted by Crippen LogP contribution is 2.24. The summed E-state index contributed by atoms with van der Waals surface area (Å²) in [6.07, 6.45) is 7.00. The molecule has 5 heteroatoms. The van der Waals surface area contributed by atoms with Crippen LogP contribution in [0, 0.1) is 18.3 Å². The average molecular weight is 252 g/mol. The molecule has 2 amide bonds. The zero-order chi connectivity index (χ0) is 13.7. The van der Waals surface area contributed by atoms with E-state index in [-0.39, 0.29) is 18.1 Å². The highest BCUT2D eigenvalue weighted by molar-refractivity contribution is 5.78. The first-order chi connectivity index (χ1) is 8.51. The number of carboxylic acids is 1. The molecule has 1 fully saturated rings. The molecule has 0 spiro atoms. The number of aliphatic carboxylic acids is 1. The van der Waals surface area contributed by atoms with Crippen LogP contribution >= 0.6 is 0 Å². The fourth-order valence-corrected chi connectivity index (χ4v) is 2.25. The number of carbonyl (C=O) groups excluding carboxylic acids is 1. The molecule has 0 saturated carbocycles. The molecule has 1 rings (SSSR count). The monoisotopic (exact) mass is 252 g/mol. The summed E-state index contributed by atoms with van der Waals surface area (Å²) in [4.78, 5) is 24.6. The first-order valence-electron chi connectivity index (χ1n) is 6.24. The molecule has 1 saturated heterocycles. The maximum Gasteiger partial charge on any atom is 0.317 e. The van der Waals surface area contributed by atoms with Crippen molar-refractivity contribution in [3.05, 3.63) is 0 Å². The highest BCUT2D eigenvalue weighted by atomic mass is 16.4. The molecule has 0 aromatic heterocycles. The lowest BCUT2D eigenvalue weighted by Gasteiger charge is -2.26. The van der Waals surface area contributed by atoms with Gasteiger partial charge in [-0.3, -0.25) is 4.79 Å². The van der Waals surface area contributed by atoms with Gasteiger partial charge in [0.15, 0.2) is 0 Å². The van der Waals surface area contributed by atoms with Gasteiger partial charge in [0.05, 0.1) is 5.92 Å². The summed E-state index contributed by atoms with van der Waals surface area (Å²) in [5.41, 5.74) is 0. The third-order valence-corrected chi connectivity index (χ3v) is 3.52. The molecule has 0 radical (unpaired) electrons. The van der Waals surface area contributed by atoms with Crippen molar-refractivity contribution in [3.8, 4) is 12.3 Å². The van der Waals surface area contributed by atoms with Crippen molar-refractivity contribution in [2.75, 3.05) is 6.54 Å². The standard InChI is InChI=1S/C13H20N2O3/c1-4-6-10(5-2)14-13(18)15-8-7-11(9(15)3)12(16)17/h1,9-11H,5-8H2,2-3H3,(H,14,18)(H,16,17). The Bertz CT molecular complexity index is 362. The number of amides is 2. The first kappa shape index (κ1) is 14.4. The Morgan fingerprint density at radius 1 is 1.61 bits per heavy atom. The first-order valence-corrected chi connectivity index (χ1v) is 6.24. The number of rotatable bonds is 4. The van der Waals surface area contributed by atoms with E-state index in [0.717, 1.165) is 6.42 Å². The lowest BCUT2D eigenvalue weighted by molar-refractivity contribution is -0.142. The van der Waals surface area contributed by atoms with E-state index in [4.69, 9.17) is 11.5 Å². The minimum absolute atomic E-state index is 0.0430. The number of hydrogen-bond acceptors (Lipinski definition) is 2. The van der Waals surface area contributed by atoms with E-state index in [1.165, 1.54) is 0 Å². The molecule has 1 aliphatic heterocycles. The van der Waals surface area contributed by atoms with Gasteiger partial charge in [0.2, 0.25) is 0 Å². The Hall–Kier alpha value is -1.70. The topological polar surface area (TPSA) is 69.6 Å². The number of nitrogens with one attached hydrogen (secondary N) is 1. The average Bonchev–Trinajstić information content (AvgIpc) is 2.70. The maximum absolute atomic E-state index is 12.0. The number of hydrogen-bond donors (Lipinski definition) is 2. The molecule has 0 aromatic rings. The summed E-state index contributed by atoms with van der Waals surface area (Å²) in [5.74, 6) is 1.22. The van der Waals surface area contributed by atoms with Crippen LogP contribution in [0.1, 0.15) is 33.1 Å². The molecular formula is C13H20N2O3. The second kappa shape index (κ2) is 6.29. The van der Waals surface area contributed by atoms with Crippen LogP contribution in [0.25, 0.3) is 0 Å². The van der Waals surface area contributed by atoms with E-state index in [0.29, 0.717) is 19.4 Å². The zero-order valence-electron chi connectivity index (χ0n) is 10.8. The van der Waals surface area contributed by atoms with Crippen molar-refractivity contribution >= 4 is 12.0 Å². The van der Waals surface area contributed by atoms with Crippen molar-refractivity contribution < 1.29 is 14.7 Å². The Labute approximate surface area is 108 Å². The minimum atomic E-state index is -0.839. The number of terminal acetylenes is 1. The van der Waals surface area contributed by atoms with Crippen molar-refractivity contribution in [1.82, 2.24) is 10.2 Å². The van der Waals surface area contributed by atoms with E-state index in [1.54, 1.807) is 11.8 Å². The van der Waals surface area contributed by atoms with Crippen LogP contribution in [0.3, 0.4) is 0 Å². The van der Waals surface area contributed by atoms with E-state index in [9.17, 15) is 9.59 Å². The molecule has 0 bridgehead atoms. The smallest absolute Gasteiger partial charge is 0.317 e. The van der Waals surface area contributed by atoms with Crippen molar-refractivity contribution in [2.24, 2.45) is 5.92 Å². The number of urea groups is 1. The summed E-state index contributed by atoms with van der Waals surface area (Å²) in [6, 6.07) is -0.530. The van der Waals surface area contributed by atoms with E-state index in [2.05, 4.69) is 11.2 Å². The molecule has 2 N–H and O–H groups in total. The van der Waals surface area contributed by atoms with Gasteiger partial charge in [0.25, 0.3) is 0 Å². The lowest BCUT2D eigenvalue weighted by Crippen LogP contribution is -2.47. The summed E-state index contributed by atoms with van der Waals surface area (Å²) in [6.45, 7) is 4.21.